The average Bonchev–Trinajstić information content (AvgIpc) is 2.45. The molecule has 0 amide bonds. The van der Waals surface area contributed by atoms with Crippen molar-refractivity contribution in [3.63, 3.8) is 0 Å². The zero-order chi connectivity index (χ0) is 15.2. The van der Waals surface area contributed by atoms with Gasteiger partial charge < -0.3 is 4.74 Å². The Kier molecular flexibility index (Phi) is 5.12. The van der Waals surface area contributed by atoms with Crippen LogP contribution in [-0.4, -0.2) is 22.3 Å². The summed E-state index contributed by atoms with van der Waals surface area (Å²) < 4.78 is 18.3. The summed E-state index contributed by atoms with van der Waals surface area (Å²) >= 11 is 1.45. The van der Waals surface area contributed by atoms with Gasteiger partial charge in [-0.1, -0.05) is 0 Å². The van der Waals surface area contributed by atoms with Crippen molar-refractivity contribution < 1.29 is 9.13 Å². The van der Waals surface area contributed by atoms with Crippen molar-refractivity contribution in [3.8, 4) is 11.8 Å². The van der Waals surface area contributed by atoms with Gasteiger partial charge in [-0.25, -0.2) is 14.4 Å². The first-order valence-corrected chi connectivity index (χ1v) is 7.35. The molecule has 0 atom stereocenters. The van der Waals surface area contributed by atoms with E-state index in [-0.39, 0.29) is 5.82 Å². The van der Waals surface area contributed by atoms with E-state index >= 15 is 0 Å². The second-order valence-electron chi connectivity index (χ2n) is 4.30. The molecule has 4 nitrogen and oxygen atoms in total. The van der Waals surface area contributed by atoms with E-state index in [1.54, 1.807) is 26.0 Å². The standard InChI is InChI=1S/C15H14FN3OS/c1-10-14(9-17)15(19-11(2)18-10)21-8-7-20-13-5-3-12(16)4-6-13/h3-6H,7-8H2,1-2H3. The predicted octanol–water partition coefficient (Wildman–Crippen LogP) is 3.28. The molecule has 0 spiro atoms. The fourth-order valence-electron chi connectivity index (χ4n) is 1.74. The summed E-state index contributed by atoms with van der Waals surface area (Å²) in [6.45, 7) is 4.04. The minimum absolute atomic E-state index is 0.290. The number of ether oxygens (including phenoxy) is 1. The van der Waals surface area contributed by atoms with Gasteiger partial charge in [-0.05, 0) is 38.1 Å². The van der Waals surface area contributed by atoms with Crippen molar-refractivity contribution in [3.05, 3.63) is 47.2 Å². The highest BCUT2D eigenvalue weighted by Gasteiger charge is 2.10. The number of hydrogen-bond donors (Lipinski definition) is 0. The second-order valence-corrected chi connectivity index (χ2v) is 5.38. The number of hydrogen-bond acceptors (Lipinski definition) is 5. The van der Waals surface area contributed by atoms with E-state index in [4.69, 9.17) is 10.00 Å². The van der Waals surface area contributed by atoms with E-state index in [1.165, 1.54) is 23.9 Å². The molecule has 2 rings (SSSR count). The lowest BCUT2D eigenvalue weighted by atomic mass is 10.3. The predicted molar refractivity (Wildman–Crippen MR) is 78.8 cm³/mol. The number of nitrogens with zero attached hydrogens (tertiary/aromatic N) is 3. The Morgan fingerprint density at radius 2 is 1.95 bits per heavy atom. The van der Waals surface area contributed by atoms with Gasteiger partial charge >= 0.3 is 0 Å². The van der Waals surface area contributed by atoms with E-state index in [2.05, 4.69) is 16.0 Å². The largest absolute Gasteiger partial charge is 0.493 e. The zero-order valence-corrected chi connectivity index (χ0v) is 12.6. The summed E-state index contributed by atoms with van der Waals surface area (Å²) in [5.41, 5.74) is 1.19. The molecule has 0 N–H and O–H groups in total. The highest BCUT2D eigenvalue weighted by Crippen LogP contribution is 2.22. The zero-order valence-electron chi connectivity index (χ0n) is 11.8. The van der Waals surface area contributed by atoms with Gasteiger partial charge in [0.15, 0.2) is 0 Å². The maximum absolute atomic E-state index is 12.8. The molecule has 0 saturated carbocycles. The van der Waals surface area contributed by atoms with Crippen LogP contribution in [0.1, 0.15) is 17.1 Å². The number of thioether (sulfide) groups is 1. The minimum atomic E-state index is -0.290. The molecular formula is C15H14FN3OS. The normalized spacial score (nSPS) is 10.2. The van der Waals surface area contributed by atoms with Crippen molar-refractivity contribution in [1.29, 1.82) is 5.26 Å². The van der Waals surface area contributed by atoms with Crippen molar-refractivity contribution >= 4 is 11.8 Å². The lowest BCUT2D eigenvalue weighted by molar-refractivity contribution is 0.343. The molecular weight excluding hydrogens is 289 g/mol. The van der Waals surface area contributed by atoms with E-state index in [9.17, 15) is 4.39 Å². The van der Waals surface area contributed by atoms with Crippen molar-refractivity contribution in [1.82, 2.24) is 9.97 Å². The number of aryl methyl sites for hydroxylation is 2. The Hall–Kier alpha value is -2.13. The summed E-state index contributed by atoms with van der Waals surface area (Å²) in [4.78, 5) is 8.46. The quantitative estimate of drug-likeness (QED) is 0.482. The molecule has 0 saturated heterocycles. The summed E-state index contributed by atoms with van der Waals surface area (Å²) in [6, 6.07) is 8.00. The van der Waals surface area contributed by atoms with E-state index < -0.39 is 0 Å². The third-order valence-corrected chi connectivity index (χ3v) is 3.62. The van der Waals surface area contributed by atoms with Crippen molar-refractivity contribution in [2.75, 3.05) is 12.4 Å². The first-order chi connectivity index (χ1) is 10.1. The number of aromatic nitrogens is 2. The van der Waals surface area contributed by atoms with Crippen LogP contribution in [0.4, 0.5) is 4.39 Å². The molecule has 1 aromatic heterocycles. The smallest absolute Gasteiger partial charge is 0.126 e. The van der Waals surface area contributed by atoms with Gasteiger partial charge in [0.1, 0.15) is 34.0 Å². The van der Waals surface area contributed by atoms with Crippen LogP contribution in [0, 0.1) is 31.0 Å². The van der Waals surface area contributed by atoms with Crippen molar-refractivity contribution in [2.24, 2.45) is 0 Å². The molecule has 0 aliphatic carbocycles. The minimum Gasteiger partial charge on any atom is -0.493 e. The molecule has 108 valence electrons. The van der Waals surface area contributed by atoms with Crippen molar-refractivity contribution in [2.45, 2.75) is 18.9 Å². The number of halogens is 1. The van der Waals surface area contributed by atoms with Gasteiger partial charge in [-0.2, -0.15) is 5.26 Å². The molecule has 0 aliphatic heterocycles. The van der Waals surface area contributed by atoms with Crippen LogP contribution < -0.4 is 4.74 Å². The Morgan fingerprint density at radius 3 is 2.62 bits per heavy atom. The van der Waals surface area contributed by atoms with Crippen LogP contribution in [0.3, 0.4) is 0 Å². The van der Waals surface area contributed by atoms with Gasteiger partial charge in [0.2, 0.25) is 0 Å². The van der Waals surface area contributed by atoms with Crippen LogP contribution in [0.25, 0.3) is 0 Å². The van der Waals surface area contributed by atoms with Crippen LogP contribution in [0.5, 0.6) is 5.75 Å². The Balaban J connectivity index is 1.92. The Morgan fingerprint density at radius 1 is 1.24 bits per heavy atom. The van der Waals surface area contributed by atoms with Gasteiger partial charge in [0, 0.05) is 5.75 Å². The number of nitriles is 1. The molecule has 21 heavy (non-hydrogen) atoms. The van der Waals surface area contributed by atoms with E-state index in [0.29, 0.717) is 40.2 Å². The van der Waals surface area contributed by atoms with Crippen LogP contribution >= 0.6 is 11.8 Å². The fourth-order valence-corrected chi connectivity index (χ4v) is 2.64. The highest BCUT2D eigenvalue weighted by atomic mass is 32.2. The van der Waals surface area contributed by atoms with Crippen LogP contribution in [0.2, 0.25) is 0 Å². The van der Waals surface area contributed by atoms with E-state index in [0.717, 1.165) is 0 Å². The fraction of sp³-hybridized carbons (Fsp3) is 0.267. The molecule has 6 heteroatoms. The van der Waals surface area contributed by atoms with Gasteiger partial charge in [-0.15, -0.1) is 11.8 Å². The Labute approximate surface area is 127 Å². The molecule has 1 heterocycles. The third-order valence-electron chi connectivity index (χ3n) is 2.68. The molecule has 1 aromatic carbocycles. The number of rotatable bonds is 5. The topological polar surface area (TPSA) is 58.8 Å². The van der Waals surface area contributed by atoms with Gasteiger partial charge in [0.05, 0.1) is 12.3 Å². The maximum atomic E-state index is 12.8. The molecule has 2 aromatic rings. The molecule has 0 unspecified atom stereocenters. The van der Waals surface area contributed by atoms with Crippen LogP contribution in [0.15, 0.2) is 29.3 Å². The molecule has 0 radical (unpaired) electrons. The average molecular weight is 303 g/mol. The second kappa shape index (κ2) is 7.04. The lowest BCUT2D eigenvalue weighted by Crippen LogP contribution is -2.03. The molecule has 0 aliphatic rings. The monoisotopic (exact) mass is 303 g/mol. The summed E-state index contributed by atoms with van der Waals surface area (Å²) in [5, 5.41) is 9.81. The van der Waals surface area contributed by atoms with Crippen LogP contribution in [-0.2, 0) is 0 Å². The third kappa shape index (κ3) is 4.17. The highest BCUT2D eigenvalue weighted by molar-refractivity contribution is 7.99. The summed E-state index contributed by atoms with van der Waals surface area (Å²) in [6.07, 6.45) is 0. The molecule has 0 fully saturated rings. The Bertz CT molecular complexity index is 668. The maximum Gasteiger partial charge on any atom is 0.126 e. The molecule has 0 bridgehead atoms. The van der Waals surface area contributed by atoms with E-state index in [1.807, 2.05) is 0 Å². The number of benzene rings is 1. The first kappa shape index (κ1) is 15.3. The van der Waals surface area contributed by atoms with Gasteiger partial charge in [-0.3, -0.25) is 0 Å². The first-order valence-electron chi connectivity index (χ1n) is 6.36. The summed E-state index contributed by atoms with van der Waals surface area (Å²) in [7, 11) is 0. The van der Waals surface area contributed by atoms with Gasteiger partial charge in [0.25, 0.3) is 0 Å². The SMILES string of the molecule is Cc1nc(C)c(C#N)c(SCCOc2ccc(F)cc2)n1. The lowest BCUT2D eigenvalue weighted by Gasteiger charge is -2.08. The summed E-state index contributed by atoms with van der Waals surface area (Å²) in [5.74, 6) is 1.62.